The van der Waals surface area contributed by atoms with Crippen molar-refractivity contribution in [3.63, 3.8) is 0 Å². The molecule has 3 nitrogen and oxygen atoms in total. The Morgan fingerprint density at radius 3 is 2.55 bits per heavy atom. The number of rotatable bonds is 3. The molecule has 0 radical (unpaired) electrons. The molecule has 0 aliphatic carbocycles. The minimum absolute atomic E-state index is 0.253. The monoisotopic (exact) mass is 173 g/mol. The second-order valence-electron chi connectivity index (χ2n) is 2.19. The van der Waals surface area contributed by atoms with Crippen LogP contribution in [0.4, 0.5) is 0 Å². The van der Waals surface area contributed by atoms with Gasteiger partial charge in [0.1, 0.15) is 5.75 Å². The first kappa shape index (κ1) is 6.82. The number of hydrogen-bond donors (Lipinski definition) is 1. The van der Waals surface area contributed by atoms with Crippen molar-refractivity contribution in [1.29, 1.82) is 1.43 Å². The first-order valence-corrected chi connectivity index (χ1v) is 4.63. The molecule has 0 fully saturated rings. The summed E-state index contributed by atoms with van der Waals surface area (Å²) in [4.78, 5) is 0. The SMILES string of the molecule is [2H]OS(=O)(=O)Cc1ccccc1. The lowest BCUT2D eigenvalue weighted by Gasteiger charge is -1.95. The van der Waals surface area contributed by atoms with Crippen LogP contribution in [0.15, 0.2) is 30.3 Å². The van der Waals surface area contributed by atoms with E-state index in [-0.39, 0.29) is 5.75 Å². The third kappa shape index (κ3) is 3.15. The van der Waals surface area contributed by atoms with Crippen LogP contribution in [0.1, 0.15) is 5.56 Å². The average Bonchev–Trinajstić information content (AvgIpc) is 2.06. The minimum atomic E-state index is -3.71. The van der Waals surface area contributed by atoms with E-state index >= 15 is 0 Å². The van der Waals surface area contributed by atoms with E-state index in [4.69, 9.17) is 1.43 Å². The molecule has 60 valence electrons. The summed E-state index contributed by atoms with van der Waals surface area (Å²) in [5.74, 6) is -0.253. The molecule has 0 heterocycles. The molecule has 0 unspecified atom stereocenters. The van der Waals surface area contributed by atoms with Crippen molar-refractivity contribution in [1.82, 2.24) is 0 Å². The second-order valence-corrected chi connectivity index (χ2v) is 3.59. The summed E-state index contributed by atoms with van der Waals surface area (Å²) in [6.07, 6.45) is 0. The Kier molecular flexibility index (Phi) is 1.87. The third-order valence-corrected chi connectivity index (χ3v) is 1.87. The molecule has 4 heteroatoms. The topological polar surface area (TPSA) is 54.4 Å². The molecule has 11 heavy (non-hydrogen) atoms. The van der Waals surface area contributed by atoms with Crippen molar-refractivity contribution >= 4 is 10.1 Å². The summed E-state index contributed by atoms with van der Waals surface area (Å²) in [5, 5.41) is 0. The van der Waals surface area contributed by atoms with Gasteiger partial charge in [-0.15, -0.1) is 0 Å². The normalized spacial score (nSPS) is 12.5. The molecule has 0 spiro atoms. The Bertz CT molecular complexity index is 333. The fourth-order valence-corrected chi connectivity index (χ4v) is 1.38. The zero-order valence-electron chi connectivity index (χ0n) is 6.73. The summed E-state index contributed by atoms with van der Waals surface area (Å²) >= 11 is 0. The van der Waals surface area contributed by atoms with Gasteiger partial charge in [-0.25, -0.2) is 0 Å². The van der Waals surface area contributed by atoms with Crippen LogP contribution in [0.5, 0.6) is 0 Å². The van der Waals surface area contributed by atoms with Crippen LogP contribution in [0.25, 0.3) is 1.43 Å². The van der Waals surface area contributed by atoms with Gasteiger partial charge in [0.2, 0.25) is 1.43 Å². The van der Waals surface area contributed by atoms with Crippen molar-refractivity contribution in [2.45, 2.75) is 5.75 Å². The smallest absolute Gasteiger partial charge is 0.269 e. The zero-order valence-corrected chi connectivity index (χ0v) is 6.54. The number of benzene rings is 1. The quantitative estimate of drug-likeness (QED) is 0.696. The Morgan fingerprint density at radius 1 is 1.36 bits per heavy atom. The van der Waals surface area contributed by atoms with Crippen molar-refractivity contribution in [3.8, 4) is 0 Å². The highest BCUT2D eigenvalue weighted by molar-refractivity contribution is 7.85. The zero-order chi connectivity index (χ0) is 9.03. The minimum Gasteiger partial charge on any atom is -0.285 e. The van der Waals surface area contributed by atoms with Crippen molar-refractivity contribution in [3.05, 3.63) is 35.9 Å². The lowest BCUT2D eigenvalue weighted by molar-refractivity contribution is 0.482. The Hall–Kier alpha value is -0.870. The lowest BCUT2D eigenvalue weighted by Crippen LogP contribution is -2.00. The van der Waals surface area contributed by atoms with Gasteiger partial charge >= 0.3 is 0 Å². The molecule has 0 atom stereocenters. The van der Waals surface area contributed by atoms with Gasteiger partial charge in [0.05, 0.1) is 0 Å². The van der Waals surface area contributed by atoms with Gasteiger partial charge in [-0.1, -0.05) is 30.3 Å². The predicted octanol–water partition coefficient (Wildman–Crippen LogP) is 1.07. The highest BCUT2D eigenvalue weighted by atomic mass is 32.2. The van der Waals surface area contributed by atoms with Crippen molar-refractivity contribution in [2.24, 2.45) is 0 Å². The van der Waals surface area contributed by atoms with Crippen LogP contribution in [0.3, 0.4) is 0 Å². The average molecular weight is 173 g/mol. The molecule has 0 bridgehead atoms. The summed E-state index contributed by atoms with van der Waals surface area (Å²) in [7, 11) is -3.71. The molecule has 0 saturated carbocycles. The van der Waals surface area contributed by atoms with Gasteiger partial charge in [0.25, 0.3) is 10.1 Å². The maximum atomic E-state index is 10.8. The van der Waals surface area contributed by atoms with E-state index < -0.39 is 10.1 Å². The van der Waals surface area contributed by atoms with Crippen LogP contribution >= 0.6 is 0 Å². The van der Waals surface area contributed by atoms with Gasteiger partial charge in [0, 0.05) is 0 Å². The van der Waals surface area contributed by atoms with E-state index in [1.54, 1.807) is 30.3 Å². The van der Waals surface area contributed by atoms with E-state index in [1.165, 1.54) is 0 Å². The molecule has 1 aromatic rings. The van der Waals surface area contributed by atoms with Crippen LogP contribution < -0.4 is 0 Å². The molecular weight excluding hydrogens is 164 g/mol. The van der Waals surface area contributed by atoms with Gasteiger partial charge < -0.3 is 0 Å². The maximum absolute atomic E-state index is 10.8. The van der Waals surface area contributed by atoms with Crippen LogP contribution in [-0.2, 0) is 15.9 Å². The van der Waals surface area contributed by atoms with Gasteiger partial charge in [0.15, 0.2) is 0 Å². The highest BCUT2D eigenvalue weighted by Crippen LogP contribution is 2.02. The maximum Gasteiger partial charge on any atom is 0.269 e. The third-order valence-electron chi connectivity index (χ3n) is 1.19. The van der Waals surface area contributed by atoms with Gasteiger partial charge in [-0.05, 0) is 5.56 Å². The van der Waals surface area contributed by atoms with Crippen molar-refractivity contribution < 1.29 is 13.0 Å². The largest absolute Gasteiger partial charge is 0.285 e. The molecule has 1 N–H and O–H groups in total. The van der Waals surface area contributed by atoms with Crippen LogP contribution in [0.2, 0.25) is 0 Å². The van der Waals surface area contributed by atoms with Crippen molar-refractivity contribution in [2.75, 3.05) is 0 Å². The van der Waals surface area contributed by atoms with Gasteiger partial charge in [-0.2, -0.15) is 8.42 Å². The van der Waals surface area contributed by atoms with Gasteiger partial charge in [-0.3, -0.25) is 4.56 Å². The fourth-order valence-electron chi connectivity index (χ4n) is 0.778. The Balaban J connectivity index is 2.78. The molecule has 0 aromatic heterocycles. The first-order valence-electron chi connectivity index (χ1n) is 3.46. The summed E-state index contributed by atoms with van der Waals surface area (Å²) in [5.41, 5.74) is 0.616. The standard InChI is InChI=1S/C7H8O3S/c8-11(9,10)6-7-4-2-1-3-5-7/h1-5H,6H2,(H,8,9,10)/i/hD. The Morgan fingerprint density at radius 2 is 2.00 bits per heavy atom. The van der Waals surface area contributed by atoms with E-state index in [9.17, 15) is 8.42 Å². The summed E-state index contributed by atoms with van der Waals surface area (Å²) in [6, 6.07) is 8.58. The lowest BCUT2D eigenvalue weighted by atomic mass is 10.2. The summed E-state index contributed by atoms with van der Waals surface area (Å²) < 4.78 is 31.3. The molecule has 0 aliphatic heterocycles. The number of hydrogen-bond acceptors (Lipinski definition) is 3. The molecule has 1 aromatic carbocycles. The van der Waals surface area contributed by atoms with Crippen LogP contribution in [-0.4, -0.2) is 13.0 Å². The van der Waals surface area contributed by atoms with Crippen LogP contribution in [0, 0.1) is 0 Å². The summed E-state index contributed by atoms with van der Waals surface area (Å²) in [6.45, 7) is 0. The molecule has 0 aliphatic rings. The first-order chi connectivity index (χ1) is 5.64. The Labute approximate surface area is 66.9 Å². The second kappa shape index (κ2) is 3.02. The van der Waals surface area contributed by atoms with E-state index in [2.05, 4.69) is 4.56 Å². The molecule has 1 rings (SSSR count). The molecule has 0 saturated heterocycles. The van der Waals surface area contributed by atoms with E-state index in [0.717, 1.165) is 0 Å². The molecule has 0 amide bonds. The predicted molar refractivity (Wildman–Crippen MR) is 41.7 cm³/mol. The highest BCUT2D eigenvalue weighted by Gasteiger charge is 2.04. The van der Waals surface area contributed by atoms with E-state index in [1.807, 2.05) is 0 Å². The van der Waals surface area contributed by atoms with E-state index in [0.29, 0.717) is 5.56 Å². The fraction of sp³-hybridized carbons (Fsp3) is 0.143. The molecular formula is C7H8O3S.